The number of aromatic nitrogens is 1. The Balaban J connectivity index is 1.94. The van der Waals surface area contributed by atoms with Gasteiger partial charge in [-0.25, -0.2) is 4.39 Å². The van der Waals surface area contributed by atoms with Gasteiger partial charge < -0.3 is 10.6 Å². The molecule has 148 valence electrons. The van der Waals surface area contributed by atoms with Crippen molar-refractivity contribution in [1.82, 2.24) is 10.3 Å². The number of pyridine rings is 1. The normalized spacial score (nSPS) is 26.6. The molecular weight excluding hydrogens is 445 g/mol. The summed E-state index contributed by atoms with van der Waals surface area (Å²) in [7, 11) is 0. The zero-order chi connectivity index (χ0) is 20.3. The number of amides is 1. The summed E-state index contributed by atoms with van der Waals surface area (Å²) in [6, 6.07) is 6.77. The van der Waals surface area contributed by atoms with Crippen molar-refractivity contribution in [1.29, 1.82) is 0 Å². The molecule has 1 aromatic carbocycles. The molecule has 0 bridgehead atoms. The number of anilines is 1. The maximum Gasteiger partial charge on any atom is 0.239 e. The molecule has 1 spiro atoms. The molecular formula is C21H22BrClFN3O. The molecule has 4 rings (SSSR count). The highest BCUT2D eigenvalue weighted by atomic mass is 79.9. The first-order valence-electron chi connectivity index (χ1n) is 9.29. The number of nitrogens with zero attached hydrogens (tertiary/aromatic N) is 1. The van der Waals surface area contributed by atoms with Crippen LogP contribution in [0.2, 0.25) is 5.02 Å². The predicted molar refractivity (Wildman–Crippen MR) is 112 cm³/mol. The van der Waals surface area contributed by atoms with E-state index in [0.29, 0.717) is 33.0 Å². The molecule has 2 aliphatic rings. The lowest BCUT2D eigenvalue weighted by molar-refractivity contribution is -0.122. The first kappa shape index (κ1) is 19.8. The van der Waals surface area contributed by atoms with E-state index in [-0.39, 0.29) is 29.1 Å². The summed E-state index contributed by atoms with van der Waals surface area (Å²) in [5.41, 5.74) is 0.753. The van der Waals surface area contributed by atoms with Gasteiger partial charge in [-0.05, 0) is 45.5 Å². The molecule has 3 heterocycles. The van der Waals surface area contributed by atoms with E-state index in [1.54, 1.807) is 30.5 Å². The standard InChI is InChI=1S/C21H22BrClFN3O/c1-20(2,3)8-16-21(18-15(27-19(21)28)7-11(23)9-26-18)13(10-25-16)12-5-4-6-14(22)17(12)24/h4-7,9,13,16,25H,8,10H2,1-3H3,(H,27,28)/t13?,16?,21-/m0/s1. The van der Waals surface area contributed by atoms with Crippen LogP contribution < -0.4 is 10.6 Å². The Bertz CT molecular complexity index is 961. The molecule has 0 aliphatic carbocycles. The van der Waals surface area contributed by atoms with Crippen LogP contribution >= 0.6 is 27.5 Å². The topological polar surface area (TPSA) is 54.0 Å². The van der Waals surface area contributed by atoms with Crippen LogP contribution in [0.3, 0.4) is 0 Å². The summed E-state index contributed by atoms with van der Waals surface area (Å²) in [5.74, 6) is -0.867. The number of halogens is 3. The van der Waals surface area contributed by atoms with Crippen LogP contribution in [-0.2, 0) is 10.2 Å². The Morgan fingerprint density at radius 1 is 1.39 bits per heavy atom. The van der Waals surface area contributed by atoms with E-state index in [9.17, 15) is 4.79 Å². The van der Waals surface area contributed by atoms with E-state index in [0.717, 1.165) is 6.42 Å². The van der Waals surface area contributed by atoms with Gasteiger partial charge in [0.15, 0.2) is 0 Å². The van der Waals surface area contributed by atoms with E-state index < -0.39 is 5.41 Å². The van der Waals surface area contributed by atoms with E-state index >= 15 is 4.39 Å². The minimum atomic E-state index is -0.991. The van der Waals surface area contributed by atoms with Crippen LogP contribution in [0, 0.1) is 11.2 Å². The Hall–Kier alpha value is -1.50. The molecule has 7 heteroatoms. The summed E-state index contributed by atoms with van der Waals surface area (Å²) in [6.45, 7) is 6.90. The van der Waals surface area contributed by atoms with Crippen molar-refractivity contribution in [3.63, 3.8) is 0 Å². The number of carbonyl (C=O) groups is 1. The molecule has 1 aromatic heterocycles. The summed E-state index contributed by atoms with van der Waals surface area (Å²) >= 11 is 9.39. The molecule has 3 atom stereocenters. The predicted octanol–water partition coefficient (Wildman–Crippen LogP) is 5.02. The fourth-order valence-corrected chi connectivity index (χ4v) is 5.20. The average molecular weight is 467 g/mol. The first-order valence-corrected chi connectivity index (χ1v) is 10.5. The van der Waals surface area contributed by atoms with Gasteiger partial charge in [0.1, 0.15) is 11.2 Å². The third kappa shape index (κ3) is 2.97. The molecule has 1 amide bonds. The summed E-state index contributed by atoms with van der Waals surface area (Å²) in [6.07, 6.45) is 2.31. The average Bonchev–Trinajstić information content (AvgIpc) is 3.09. The number of rotatable bonds is 2. The molecule has 1 saturated heterocycles. The molecule has 2 aromatic rings. The van der Waals surface area contributed by atoms with Crippen LogP contribution in [0.25, 0.3) is 0 Å². The molecule has 4 nitrogen and oxygen atoms in total. The van der Waals surface area contributed by atoms with Crippen LogP contribution in [0.1, 0.15) is 44.4 Å². The maximum absolute atomic E-state index is 15.1. The first-order chi connectivity index (χ1) is 13.1. The Labute approximate surface area is 177 Å². The molecule has 2 N–H and O–H groups in total. The Morgan fingerprint density at radius 3 is 2.86 bits per heavy atom. The minimum absolute atomic E-state index is 0.0230. The maximum atomic E-state index is 15.1. The SMILES string of the molecule is CC(C)(C)CC1NCC(c2cccc(Br)c2F)[C@]12C(=O)Nc1cc(Cl)cnc12. The van der Waals surface area contributed by atoms with Gasteiger partial charge in [0.25, 0.3) is 0 Å². The highest BCUT2D eigenvalue weighted by Crippen LogP contribution is 2.54. The van der Waals surface area contributed by atoms with Gasteiger partial charge in [0, 0.05) is 24.7 Å². The Kier molecular flexibility index (Phi) is 4.80. The fraction of sp³-hybridized carbons (Fsp3) is 0.429. The fourth-order valence-electron chi connectivity index (χ4n) is 4.66. The van der Waals surface area contributed by atoms with Crippen molar-refractivity contribution in [3.8, 4) is 0 Å². The van der Waals surface area contributed by atoms with Crippen molar-refractivity contribution in [2.24, 2.45) is 5.41 Å². The van der Waals surface area contributed by atoms with Crippen LogP contribution in [-0.4, -0.2) is 23.5 Å². The van der Waals surface area contributed by atoms with Gasteiger partial charge in [-0.1, -0.05) is 44.5 Å². The smallest absolute Gasteiger partial charge is 0.239 e. The summed E-state index contributed by atoms with van der Waals surface area (Å²) in [5, 5.41) is 6.93. The lowest BCUT2D eigenvalue weighted by Crippen LogP contribution is -2.50. The van der Waals surface area contributed by atoms with Crippen LogP contribution in [0.4, 0.5) is 10.1 Å². The number of nitrogens with one attached hydrogen (secondary N) is 2. The second kappa shape index (κ2) is 6.78. The number of hydrogen-bond donors (Lipinski definition) is 2. The second-order valence-electron chi connectivity index (χ2n) is 8.79. The number of fused-ring (bicyclic) bond motifs is 2. The molecule has 0 radical (unpaired) electrons. The molecule has 28 heavy (non-hydrogen) atoms. The van der Waals surface area contributed by atoms with Gasteiger partial charge in [0.05, 0.1) is 20.9 Å². The van der Waals surface area contributed by atoms with Gasteiger partial charge >= 0.3 is 0 Å². The number of hydrogen-bond acceptors (Lipinski definition) is 3. The van der Waals surface area contributed by atoms with Crippen molar-refractivity contribution >= 4 is 39.1 Å². The highest BCUT2D eigenvalue weighted by Gasteiger charge is 2.62. The van der Waals surface area contributed by atoms with Crippen molar-refractivity contribution in [3.05, 3.63) is 57.0 Å². The molecule has 2 aliphatic heterocycles. The van der Waals surface area contributed by atoms with Gasteiger partial charge in [-0.2, -0.15) is 0 Å². The van der Waals surface area contributed by atoms with Gasteiger partial charge in [-0.3, -0.25) is 9.78 Å². The lowest BCUT2D eigenvalue weighted by Gasteiger charge is -2.36. The minimum Gasteiger partial charge on any atom is -0.324 e. The monoisotopic (exact) mass is 465 g/mol. The molecule has 2 unspecified atom stereocenters. The number of benzene rings is 1. The van der Waals surface area contributed by atoms with Crippen molar-refractivity contribution in [2.45, 2.75) is 44.6 Å². The lowest BCUT2D eigenvalue weighted by atomic mass is 9.65. The third-order valence-electron chi connectivity index (χ3n) is 5.71. The van der Waals surface area contributed by atoms with Crippen molar-refractivity contribution < 1.29 is 9.18 Å². The third-order valence-corrected chi connectivity index (χ3v) is 6.53. The van der Waals surface area contributed by atoms with E-state index in [1.165, 1.54) is 0 Å². The molecule has 0 saturated carbocycles. The van der Waals surface area contributed by atoms with E-state index in [4.69, 9.17) is 11.6 Å². The van der Waals surface area contributed by atoms with Crippen LogP contribution in [0.15, 0.2) is 34.9 Å². The van der Waals surface area contributed by atoms with E-state index in [2.05, 4.69) is 52.3 Å². The molecule has 1 fully saturated rings. The zero-order valence-electron chi connectivity index (χ0n) is 15.9. The van der Waals surface area contributed by atoms with E-state index in [1.807, 2.05) is 0 Å². The summed E-state index contributed by atoms with van der Waals surface area (Å²) in [4.78, 5) is 18.0. The number of carbonyl (C=O) groups excluding carboxylic acids is 1. The van der Waals surface area contributed by atoms with Crippen molar-refractivity contribution in [2.75, 3.05) is 11.9 Å². The van der Waals surface area contributed by atoms with Gasteiger partial charge in [-0.15, -0.1) is 0 Å². The highest BCUT2D eigenvalue weighted by molar-refractivity contribution is 9.10. The zero-order valence-corrected chi connectivity index (χ0v) is 18.3. The largest absolute Gasteiger partial charge is 0.324 e. The van der Waals surface area contributed by atoms with Gasteiger partial charge in [0.2, 0.25) is 5.91 Å². The Morgan fingerprint density at radius 2 is 2.14 bits per heavy atom. The quantitative estimate of drug-likeness (QED) is 0.653. The van der Waals surface area contributed by atoms with Crippen LogP contribution in [0.5, 0.6) is 0 Å². The summed E-state index contributed by atoms with van der Waals surface area (Å²) < 4.78 is 15.5. The second-order valence-corrected chi connectivity index (χ2v) is 10.1.